The minimum atomic E-state index is -0.179. The Morgan fingerprint density at radius 2 is 2.26 bits per heavy atom. The van der Waals surface area contributed by atoms with Crippen LogP contribution in [-0.2, 0) is 0 Å². The molecule has 6 heteroatoms. The van der Waals surface area contributed by atoms with E-state index in [1.165, 1.54) is 12.8 Å². The minimum absolute atomic E-state index is 0.179. The molecule has 6 nitrogen and oxygen atoms in total. The van der Waals surface area contributed by atoms with Crippen molar-refractivity contribution in [2.75, 3.05) is 24.5 Å². The van der Waals surface area contributed by atoms with Crippen molar-refractivity contribution in [3.63, 3.8) is 0 Å². The fraction of sp³-hybridized carbons (Fsp3) is 0.615. The van der Waals surface area contributed by atoms with Crippen LogP contribution in [0.25, 0.3) is 0 Å². The summed E-state index contributed by atoms with van der Waals surface area (Å²) in [5, 5.41) is 10.9. The lowest BCUT2D eigenvalue weighted by Crippen LogP contribution is -2.30. The Morgan fingerprint density at radius 1 is 1.47 bits per heavy atom. The third-order valence-corrected chi connectivity index (χ3v) is 3.11. The smallest absolute Gasteiger partial charge is 0.271 e. The molecule has 1 aromatic rings. The van der Waals surface area contributed by atoms with Crippen LogP contribution in [-0.4, -0.2) is 41.8 Å². The van der Waals surface area contributed by atoms with E-state index in [0.29, 0.717) is 24.8 Å². The van der Waals surface area contributed by atoms with Crippen LogP contribution in [0.1, 0.15) is 36.7 Å². The number of carbonyl (C=O) groups is 1. The molecule has 0 aliphatic heterocycles. The summed E-state index contributed by atoms with van der Waals surface area (Å²) in [4.78, 5) is 13.8. The summed E-state index contributed by atoms with van der Waals surface area (Å²) in [5.41, 5.74) is 5.92. The van der Waals surface area contributed by atoms with E-state index in [0.717, 1.165) is 18.8 Å². The van der Waals surface area contributed by atoms with Crippen molar-refractivity contribution in [2.45, 2.75) is 32.2 Å². The lowest BCUT2D eigenvalue weighted by atomic mass is 10.3. The second-order valence-electron chi connectivity index (χ2n) is 4.70. The lowest BCUT2D eigenvalue weighted by Gasteiger charge is -2.22. The molecule has 0 saturated heterocycles. The van der Waals surface area contributed by atoms with Gasteiger partial charge in [-0.2, -0.15) is 0 Å². The summed E-state index contributed by atoms with van der Waals surface area (Å²) in [5.74, 6) is 0.658. The van der Waals surface area contributed by atoms with Crippen LogP contribution < -0.4 is 16.0 Å². The molecule has 3 N–H and O–H groups in total. The number of aromatic nitrogens is 2. The third kappa shape index (κ3) is 3.64. The summed E-state index contributed by atoms with van der Waals surface area (Å²) in [7, 11) is 0. The van der Waals surface area contributed by atoms with E-state index in [2.05, 4.69) is 20.4 Å². The normalized spacial score (nSPS) is 14.2. The molecule has 1 aliphatic carbocycles. The van der Waals surface area contributed by atoms with Gasteiger partial charge in [-0.1, -0.05) is 0 Å². The van der Waals surface area contributed by atoms with Gasteiger partial charge in [0.05, 0.1) is 0 Å². The van der Waals surface area contributed by atoms with Crippen molar-refractivity contribution in [3.8, 4) is 0 Å². The summed E-state index contributed by atoms with van der Waals surface area (Å²) >= 11 is 0. The highest BCUT2D eigenvalue weighted by atomic mass is 16.1. The van der Waals surface area contributed by atoms with Gasteiger partial charge >= 0.3 is 0 Å². The van der Waals surface area contributed by atoms with Gasteiger partial charge in [0, 0.05) is 19.1 Å². The van der Waals surface area contributed by atoms with Crippen LogP contribution >= 0.6 is 0 Å². The number of nitrogens with zero attached hydrogens (tertiary/aromatic N) is 3. The molecule has 0 spiro atoms. The summed E-state index contributed by atoms with van der Waals surface area (Å²) < 4.78 is 0. The highest BCUT2D eigenvalue weighted by molar-refractivity contribution is 5.92. The van der Waals surface area contributed by atoms with E-state index >= 15 is 0 Å². The van der Waals surface area contributed by atoms with Crippen LogP contribution in [0.5, 0.6) is 0 Å². The first-order chi connectivity index (χ1) is 9.26. The second-order valence-corrected chi connectivity index (χ2v) is 4.70. The molecular weight excluding hydrogens is 242 g/mol. The molecule has 1 fully saturated rings. The Balaban J connectivity index is 2.04. The molecule has 1 aliphatic rings. The topological polar surface area (TPSA) is 84.1 Å². The van der Waals surface area contributed by atoms with E-state index in [4.69, 9.17) is 5.73 Å². The molecule has 0 bridgehead atoms. The van der Waals surface area contributed by atoms with E-state index in [-0.39, 0.29) is 5.91 Å². The molecule has 1 amide bonds. The Kier molecular flexibility index (Phi) is 4.68. The summed E-state index contributed by atoms with van der Waals surface area (Å²) in [6.07, 6.45) is 3.34. The molecule has 0 unspecified atom stereocenters. The number of hydrogen-bond donors (Lipinski definition) is 2. The molecule has 19 heavy (non-hydrogen) atoms. The number of hydrogen-bond acceptors (Lipinski definition) is 5. The van der Waals surface area contributed by atoms with Crippen molar-refractivity contribution in [3.05, 3.63) is 17.8 Å². The van der Waals surface area contributed by atoms with E-state index < -0.39 is 0 Å². The van der Waals surface area contributed by atoms with Crippen LogP contribution in [0.15, 0.2) is 12.1 Å². The first-order valence-corrected chi connectivity index (χ1v) is 6.85. The average Bonchev–Trinajstić information content (AvgIpc) is 3.25. The van der Waals surface area contributed by atoms with Crippen LogP contribution in [0, 0.1) is 0 Å². The van der Waals surface area contributed by atoms with E-state index in [1.807, 2.05) is 13.0 Å². The standard InChI is InChI=1S/C13H21N5O/c1-2-15-13(19)11-6-7-12(17-16-11)18(9-3-8-14)10-4-5-10/h6-7,10H,2-5,8-9,14H2,1H3,(H,15,19). The van der Waals surface area contributed by atoms with Crippen molar-refractivity contribution >= 4 is 11.7 Å². The number of amides is 1. The molecule has 104 valence electrons. The number of rotatable bonds is 7. The molecule has 0 aromatic carbocycles. The largest absolute Gasteiger partial charge is 0.352 e. The van der Waals surface area contributed by atoms with Crippen LogP contribution in [0.2, 0.25) is 0 Å². The van der Waals surface area contributed by atoms with Crippen molar-refractivity contribution in [1.29, 1.82) is 0 Å². The van der Waals surface area contributed by atoms with E-state index in [9.17, 15) is 4.79 Å². The van der Waals surface area contributed by atoms with Crippen molar-refractivity contribution in [2.24, 2.45) is 5.73 Å². The second kappa shape index (κ2) is 6.47. The number of carbonyl (C=O) groups excluding carboxylic acids is 1. The van der Waals surface area contributed by atoms with Gasteiger partial charge in [-0.15, -0.1) is 10.2 Å². The van der Waals surface area contributed by atoms with Gasteiger partial charge in [-0.3, -0.25) is 4.79 Å². The van der Waals surface area contributed by atoms with Gasteiger partial charge in [0.1, 0.15) is 0 Å². The zero-order valence-corrected chi connectivity index (χ0v) is 11.3. The van der Waals surface area contributed by atoms with E-state index in [1.54, 1.807) is 6.07 Å². The zero-order valence-electron chi connectivity index (χ0n) is 11.3. The maximum atomic E-state index is 11.6. The predicted octanol–water partition coefficient (Wildman–Crippen LogP) is 0.544. The van der Waals surface area contributed by atoms with Gasteiger partial charge in [0.2, 0.25) is 0 Å². The Bertz CT molecular complexity index is 416. The van der Waals surface area contributed by atoms with Gasteiger partial charge in [-0.25, -0.2) is 0 Å². The average molecular weight is 263 g/mol. The van der Waals surface area contributed by atoms with Crippen LogP contribution in [0.4, 0.5) is 5.82 Å². The number of nitrogens with two attached hydrogens (primary N) is 1. The van der Waals surface area contributed by atoms with Crippen LogP contribution in [0.3, 0.4) is 0 Å². The maximum absolute atomic E-state index is 11.6. The first kappa shape index (κ1) is 13.7. The molecule has 0 atom stereocenters. The molecule has 1 saturated carbocycles. The summed E-state index contributed by atoms with van der Waals surface area (Å²) in [6.45, 7) is 4.04. The number of anilines is 1. The number of nitrogens with one attached hydrogen (secondary N) is 1. The van der Waals surface area contributed by atoms with Gasteiger partial charge < -0.3 is 16.0 Å². The highest BCUT2D eigenvalue weighted by Gasteiger charge is 2.29. The quantitative estimate of drug-likeness (QED) is 0.750. The Labute approximate surface area is 113 Å². The molecule has 0 radical (unpaired) electrons. The molecule has 1 aromatic heterocycles. The SMILES string of the molecule is CCNC(=O)c1ccc(N(CCCN)C2CC2)nn1. The first-order valence-electron chi connectivity index (χ1n) is 6.85. The monoisotopic (exact) mass is 263 g/mol. The lowest BCUT2D eigenvalue weighted by molar-refractivity contribution is 0.0950. The minimum Gasteiger partial charge on any atom is -0.352 e. The fourth-order valence-corrected chi connectivity index (χ4v) is 1.98. The molecule has 2 rings (SSSR count). The molecule has 1 heterocycles. The highest BCUT2D eigenvalue weighted by Crippen LogP contribution is 2.30. The van der Waals surface area contributed by atoms with Crippen molar-refractivity contribution in [1.82, 2.24) is 15.5 Å². The van der Waals surface area contributed by atoms with Gasteiger partial charge in [0.25, 0.3) is 5.91 Å². The predicted molar refractivity (Wildman–Crippen MR) is 74.1 cm³/mol. The van der Waals surface area contributed by atoms with Crippen molar-refractivity contribution < 1.29 is 4.79 Å². The maximum Gasteiger partial charge on any atom is 0.271 e. The van der Waals surface area contributed by atoms with Gasteiger partial charge in [-0.05, 0) is 44.9 Å². The fourth-order valence-electron chi connectivity index (χ4n) is 1.98. The Hall–Kier alpha value is -1.69. The zero-order chi connectivity index (χ0) is 13.7. The third-order valence-electron chi connectivity index (χ3n) is 3.11. The van der Waals surface area contributed by atoms with Gasteiger partial charge in [0.15, 0.2) is 11.5 Å². The summed E-state index contributed by atoms with van der Waals surface area (Å²) in [6, 6.07) is 4.16. The Morgan fingerprint density at radius 3 is 2.79 bits per heavy atom. The molecular formula is C13H21N5O.